The van der Waals surface area contributed by atoms with Crippen molar-refractivity contribution in [2.75, 3.05) is 16.8 Å². The first-order chi connectivity index (χ1) is 18.0. The van der Waals surface area contributed by atoms with Crippen molar-refractivity contribution >= 4 is 29.0 Å². The number of rotatable bonds is 6. The highest BCUT2D eigenvalue weighted by Gasteiger charge is 2.41. The highest BCUT2D eigenvalue weighted by molar-refractivity contribution is 6.01. The standard InChI is InChI=1S/C27H23N5O5/c33-25(17-30(19-13-14-19)27(34)28-18-9-11-20(12-10-18)32(35)36)31-22-6-2-1-5-21(22)29-15-3-7-23(29)26(31)24-8-4-16-37-24/h1-12,15-16,19,26H,13-14,17H2,(H,28,34). The topological polar surface area (TPSA) is 114 Å². The van der Waals surface area contributed by atoms with Gasteiger partial charge in [0.05, 0.1) is 28.3 Å². The van der Waals surface area contributed by atoms with Crippen molar-refractivity contribution in [3.8, 4) is 5.69 Å². The molecule has 6 rings (SSSR count). The van der Waals surface area contributed by atoms with Crippen LogP contribution in [0.3, 0.4) is 0 Å². The number of furan rings is 1. The van der Waals surface area contributed by atoms with Crippen molar-refractivity contribution in [2.24, 2.45) is 0 Å². The molecule has 186 valence electrons. The molecule has 0 radical (unpaired) electrons. The van der Waals surface area contributed by atoms with E-state index in [9.17, 15) is 19.7 Å². The zero-order valence-electron chi connectivity index (χ0n) is 19.7. The molecule has 1 aliphatic heterocycles. The molecule has 0 spiro atoms. The molecular weight excluding hydrogens is 474 g/mol. The van der Waals surface area contributed by atoms with Crippen molar-refractivity contribution in [2.45, 2.75) is 24.9 Å². The van der Waals surface area contributed by atoms with Crippen LogP contribution in [0.4, 0.5) is 21.9 Å². The number of nitro benzene ring substituents is 1. The van der Waals surface area contributed by atoms with Crippen molar-refractivity contribution in [1.29, 1.82) is 0 Å². The second-order valence-corrected chi connectivity index (χ2v) is 9.07. The third-order valence-corrected chi connectivity index (χ3v) is 6.68. The van der Waals surface area contributed by atoms with Crippen LogP contribution in [0.25, 0.3) is 5.69 Å². The van der Waals surface area contributed by atoms with Gasteiger partial charge in [0.15, 0.2) is 0 Å². The van der Waals surface area contributed by atoms with Gasteiger partial charge in [-0.2, -0.15) is 0 Å². The Labute approximate surface area is 211 Å². The van der Waals surface area contributed by atoms with E-state index in [0.717, 1.165) is 29.9 Å². The van der Waals surface area contributed by atoms with Gasteiger partial charge >= 0.3 is 6.03 Å². The van der Waals surface area contributed by atoms with Gasteiger partial charge in [0, 0.05) is 30.1 Å². The van der Waals surface area contributed by atoms with Gasteiger partial charge < -0.3 is 19.2 Å². The van der Waals surface area contributed by atoms with Gasteiger partial charge in [-0.3, -0.25) is 19.8 Å². The fourth-order valence-corrected chi connectivity index (χ4v) is 4.81. The lowest BCUT2D eigenvalue weighted by atomic mass is 10.0. The molecule has 1 atom stereocenters. The number of fused-ring (bicyclic) bond motifs is 3. The molecule has 1 saturated carbocycles. The van der Waals surface area contributed by atoms with Crippen LogP contribution in [-0.4, -0.2) is 38.9 Å². The SMILES string of the molecule is O=C(Nc1ccc([N+](=O)[O-])cc1)N(CC(=O)N1c2ccccc2-n2cccc2C1c1ccco1)C1CC1. The summed E-state index contributed by atoms with van der Waals surface area (Å²) in [4.78, 5) is 40.9. The van der Waals surface area contributed by atoms with Gasteiger partial charge in [-0.05, 0) is 61.4 Å². The lowest BCUT2D eigenvalue weighted by Gasteiger charge is -2.38. The van der Waals surface area contributed by atoms with Crippen molar-refractivity contribution < 1.29 is 18.9 Å². The fourth-order valence-electron chi connectivity index (χ4n) is 4.81. The number of amides is 3. The summed E-state index contributed by atoms with van der Waals surface area (Å²) in [5.74, 6) is 0.378. The number of non-ortho nitro benzene ring substituents is 1. The lowest BCUT2D eigenvalue weighted by Crippen LogP contribution is -2.48. The predicted molar refractivity (Wildman–Crippen MR) is 136 cm³/mol. The van der Waals surface area contributed by atoms with Crippen LogP contribution >= 0.6 is 0 Å². The zero-order chi connectivity index (χ0) is 25.5. The average molecular weight is 498 g/mol. The summed E-state index contributed by atoms with van der Waals surface area (Å²) >= 11 is 0. The first-order valence-corrected chi connectivity index (χ1v) is 12.0. The number of hydrogen-bond donors (Lipinski definition) is 1. The van der Waals surface area contributed by atoms with E-state index in [1.165, 1.54) is 24.3 Å². The summed E-state index contributed by atoms with van der Waals surface area (Å²) in [5, 5.41) is 13.7. The molecule has 1 aliphatic carbocycles. The number of hydrogen-bond acceptors (Lipinski definition) is 5. The molecule has 2 aromatic heterocycles. The molecule has 2 aromatic carbocycles. The summed E-state index contributed by atoms with van der Waals surface area (Å²) in [5.41, 5.74) is 2.83. The van der Waals surface area contributed by atoms with Gasteiger partial charge in [0.2, 0.25) is 5.91 Å². The molecule has 0 saturated heterocycles. The Morgan fingerprint density at radius 3 is 2.43 bits per heavy atom. The smallest absolute Gasteiger partial charge is 0.322 e. The van der Waals surface area contributed by atoms with Crippen LogP contribution in [0, 0.1) is 10.1 Å². The molecule has 3 heterocycles. The molecule has 2 aliphatic rings. The number of carbonyl (C=O) groups is 2. The van der Waals surface area contributed by atoms with E-state index in [2.05, 4.69) is 5.32 Å². The lowest BCUT2D eigenvalue weighted by molar-refractivity contribution is -0.384. The van der Waals surface area contributed by atoms with Crippen molar-refractivity contribution in [1.82, 2.24) is 9.47 Å². The van der Waals surface area contributed by atoms with Gasteiger partial charge in [-0.15, -0.1) is 0 Å². The minimum absolute atomic E-state index is 0.0482. The molecule has 1 N–H and O–H groups in total. The number of benzene rings is 2. The molecular formula is C27H23N5O5. The molecule has 1 unspecified atom stereocenters. The quantitative estimate of drug-likeness (QED) is 0.294. The van der Waals surface area contributed by atoms with E-state index in [4.69, 9.17) is 4.42 Å². The van der Waals surface area contributed by atoms with Crippen molar-refractivity contribution in [3.05, 3.63) is 107 Å². The van der Waals surface area contributed by atoms with E-state index in [0.29, 0.717) is 11.4 Å². The summed E-state index contributed by atoms with van der Waals surface area (Å²) < 4.78 is 7.81. The van der Waals surface area contributed by atoms with Crippen LogP contribution < -0.4 is 10.2 Å². The Hall–Kier alpha value is -4.86. The minimum Gasteiger partial charge on any atom is -0.467 e. The Morgan fingerprint density at radius 2 is 1.76 bits per heavy atom. The maximum absolute atomic E-state index is 14.0. The van der Waals surface area contributed by atoms with Gasteiger partial charge in [0.25, 0.3) is 5.69 Å². The van der Waals surface area contributed by atoms with Gasteiger partial charge in [-0.1, -0.05) is 12.1 Å². The molecule has 3 amide bonds. The maximum atomic E-state index is 14.0. The Morgan fingerprint density at radius 1 is 1.00 bits per heavy atom. The summed E-state index contributed by atoms with van der Waals surface area (Å²) in [6.45, 7) is -0.129. The Kier molecular flexibility index (Phi) is 5.48. The van der Waals surface area contributed by atoms with E-state index < -0.39 is 17.0 Å². The van der Waals surface area contributed by atoms with E-state index >= 15 is 0 Å². The van der Waals surface area contributed by atoms with Gasteiger partial charge in [-0.25, -0.2) is 4.79 Å². The van der Waals surface area contributed by atoms with E-state index in [1.54, 1.807) is 22.1 Å². The van der Waals surface area contributed by atoms with Crippen LogP contribution in [0.1, 0.15) is 30.3 Å². The van der Waals surface area contributed by atoms with Crippen molar-refractivity contribution in [3.63, 3.8) is 0 Å². The first kappa shape index (κ1) is 22.6. The van der Waals surface area contributed by atoms with Crippen LogP contribution in [0.5, 0.6) is 0 Å². The minimum atomic E-state index is -0.497. The summed E-state index contributed by atoms with van der Waals surface area (Å²) in [7, 11) is 0. The van der Waals surface area contributed by atoms with Crippen LogP contribution in [0.2, 0.25) is 0 Å². The highest BCUT2D eigenvalue weighted by atomic mass is 16.6. The molecule has 0 bridgehead atoms. The van der Waals surface area contributed by atoms with Crippen LogP contribution in [0.15, 0.2) is 89.7 Å². The number of nitro groups is 1. The molecule has 10 nitrogen and oxygen atoms in total. The number of nitrogens with one attached hydrogen (secondary N) is 1. The summed E-state index contributed by atoms with van der Waals surface area (Å²) in [6.07, 6.45) is 5.16. The number of urea groups is 1. The third kappa shape index (κ3) is 4.12. The number of anilines is 2. The second-order valence-electron chi connectivity index (χ2n) is 9.07. The fraction of sp³-hybridized carbons (Fsp3) is 0.185. The second kappa shape index (κ2) is 8.98. The summed E-state index contributed by atoms with van der Waals surface area (Å²) in [6, 6.07) is 19.8. The molecule has 4 aromatic rings. The molecule has 1 fully saturated rings. The maximum Gasteiger partial charge on any atom is 0.322 e. The highest BCUT2D eigenvalue weighted by Crippen LogP contribution is 2.42. The molecule has 37 heavy (non-hydrogen) atoms. The van der Waals surface area contributed by atoms with E-state index in [-0.39, 0.29) is 24.2 Å². The monoisotopic (exact) mass is 497 g/mol. The number of nitrogens with zero attached hydrogens (tertiary/aromatic N) is 4. The largest absolute Gasteiger partial charge is 0.467 e. The Bertz CT molecular complexity index is 1470. The zero-order valence-corrected chi connectivity index (χ0v) is 19.7. The first-order valence-electron chi connectivity index (χ1n) is 12.0. The normalized spacial score (nSPS) is 16.0. The predicted octanol–water partition coefficient (Wildman–Crippen LogP) is 5.11. The van der Waals surface area contributed by atoms with Crippen LogP contribution in [-0.2, 0) is 4.79 Å². The average Bonchev–Trinajstić information content (AvgIpc) is 3.37. The number of para-hydroxylation sites is 2. The number of aromatic nitrogens is 1. The van der Waals surface area contributed by atoms with E-state index in [1.807, 2.05) is 53.2 Å². The number of carbonyl (C=O) groups excluding carboxylic acids is 2. The Balaban J connectivity index is 1.30. The molecule has 10 heteroatoms. The third-order valence-electron chi connectivity index (χ3n) is 6.68. The van der Waals surface area contributed by atoms with Gasteiger partial charge in [0.1, 0.15) is 18.3 Å².